The minimum absolute atomic E-state index is 0.125. The van der Waals surface area contributed by atoms with Crippen LogP contribution in [0.15, 0.2) is 58.4 Å². The first kappa shape index (κ1) is 13.6. The van der Waals surface area contributed by atoms with E-state index in [9.17, 15) is 0 Å². The van der Waals surface area contributed by atoms with Gasteiger partial charge in [-0.05, 0) is 40.6 Å². The normalized spacial score (nSPS) is 12.5. The molecule has 0 spiro atoms. The predicted molar refractivity (Wildman–Crippen MR) is 91.4 cm³/mol. The monoisotopic (exact) mass is 346 g/mol. The molecule has 0 amide bonds. The molecule has 2 aromatic carbocycles. The molecule has 0 saturated heterocycles. The van der Waals surface area contributed by atoms with E-state index in [4.69, 9.17) is 5.73 Å². The quantitative estimate of drug-likeness (QED) is 0.713. The molecule has 4 heteroatoms. The Kier molecular flexibility index (Phi) is 4.05. The summed E-state index contributed by atoms with van der Waals surface area (Å²) in [6.07, 6.45) is 0. The third kappa shape index (κ3) is 2.73. The van der Waals surface area contributed by atoms with Gasteiger partial charge in [0.15, 0.2) is 0 Å². The molecule has 2 nitrogen and oxygen atoms in total. The first-order valence-electron chi connectivity index (χ1n) is 6.46. The zero-order chi connectivity index (χ0) is 13.9. The highest BCUT2D eigenvalue weighted by molar-refractivity contribution is 9.10. The molecule has 1 atom stereocenters. The molecular weight excluding hydrogens is 332 g/mol. The summed E-state index contributed by atoms with van der Waals surface area (Å²) in [6, 6.07) is 16.7. The Morgan fingerprint density at radius 3 is 2.80 bits per heavy atom. The van der Waals surface area contributed by atoms with E-state index in [0.717, 1.165) is 10.2 Å². The summed E-state index contributed by atoms with van der Waals surface area (Å²) in [5, 5.41) is 7.00. The Morgan fingerprint density at radius 2 is 2.00 bits per heavy atom. The number of hydrogen-bond donors (Lipinski definition) is 2. The van der Waals surface area contributed by atoms with E-state index in [2.05, 4.69) is 63.0 Å². The summed E-state index contributed by atoms with van der Waals surface area (Å²) >= 11 is 5.26. The molecule has 20 heavy (non-hydrogen) atoms. The smallest absolute Gasteiger partial charge is 0.0650 e. The Labute approximate surface area is 130 Å². The van der Waals surface area contributed by atoms with Gasteiger partial charge >= 0.3 is 0 Å². The lowest BCUT2D eigenvalue weighted by atomic mass is 10.1. The van der Waals surface area contributed by atoms with Gasteiger partial charge in [-0.25, -0.2) is 0 Å². The van der Waals surface area contributed by atoms with Crippen LogP contribution in [0.4, 0.5) is 5.69 Å². The van der Waals surface area contributed by atoms with Crippen molar-refractivity contribution in [2.24, 2.45) is 5.73 Å². The number of anilines is 1. The Morgan fingerprint density at radius 1 is 1.15 bits per heavy atom. The first-order chi connectivity index (χ1) is 9.78. The van der Waals surface area contributed by atoms with Crippen molar-refractivity contribution in [1.82, 2.24) is 0 Å². The number of fused-ring (bicyclic) bond motifs is 1. The number of benzene rings is 2. The molecular formula is C16H15BrN2S. The third-order valence-electron chi connectivity index (χ3n) is 3.29. The maximum Gasteiger partial charge on any atom is 0.0650 e. The van der Waals surface area contributed by atoms with Crippen LogP contribution in [-0.2, 0) is 0 Å². The second kappa shape index (κ2) is 5.95. The molecule has 1 heterocycles. The first-order valence-corrected chi connectivity index (χ1v) is 8.13. The van der Waals surface area contributed by atoms with E-state index in [-0.39, 0.29) is 6.04 Å². The molecule has 3 N–H and O–H groups in total. The summed E-state index contributed by atoms with van der Waals surface area (Å²) in [7, 11) is 0. The van der Waals surface area contributed by atoms with Crippen molar-refractivity contribution < 1.29 is 0 Å². The lowest BCUT2D eigenvalue weighted by Crippen LogP contribution is -2.20. The lowest BCUT2D eigenvalue weighted by molar-refractivity contribution is 0.799. The fourth-order valence-corrected chi connectivity index (χ4v) is 3.73. The van der Waals surface area contributed by atoms with Crippen molar-refractivity contribution in [3.63, 3.8) is 0 Å². The minimum atomic E-state index is 0.125. The number of thiophene rings is 1. The second-order valence-corrected chi connectivity index (χ2v) is 6.46. The molecule has 0 aliphatic heterocycles. The van der Waals surface area contributed by atoms with E-state index in [1.54, 1.807) is 11.3 Å². The zero-order valence-corrected chi connectivity index (χ0v) is 13.2. The van der Waals surface area contributed by atoms with E-state index >= 15 is 0 Å². The molecule has 0 aliphatic rings. The standard InChI is InChI=1S/C16H15BrN2S/c17-11-4-3-5-12(8-11)19-15(9-18)14-10-20-16-7-2-1-6-13(14)16/h1-8,10,15,19H,9,18H2. The van der Waals surface area contributed by atoms with Gasteiger partial charge in [-0.15, -0.1) is 11.3 Å². The van der Waals surface area contributed by atoms with Crippen LogP contribution in [0.2, 0.25) is 0 Å². The Bertz CT molecular complexity index is 723. The fourth-order valence-electron chi connectivity index (χ4n) is 2.31. The van der Waals surface area contributed by atoms with Crippen molar-refractivity contribution in [1.29, 1.82) is 0 Å². The number of rotatable bonds is 4. The van der Waals surface area contributed by atoms with Crippen LogP contribution in [0.3, 0.4) is 0 Å². The topological polar surface area (TPSA) is 38.0 Å². The number of nitrogens with two attached hydrogens (primary N) is 1. The van der Waals surface area contributed by atoms with Crippen LogP contribution in [0.25, 0.3) is 10.1 Å². The van der Waals surface area contributed by atoms with Gasteiger partial charge in [0.1, 0.15) is 0 Å². The van der Waals surface area contributed by atoms with Gasteiger partial charge in [0.05, 0.1) is 6.04 Å². The molecule has 3 aromatic rings. The van der Waals surface area contributed by atoms with Gasteiger partial charge < -0.3 is 11.1 Å². The minimum Gasteiger partial charge on any atom is -0.377 e. The van der Waals surface area contributed by atoms with Gasteiger partial charge in [-0.1, -0.05) is 40.2 Å². The van der Waals surface area contributed by atoms with Crippen LogP contribution in [-0.4, -0.2) is 6.54 Å². The average molecular weight is 347 g/mol. The van der Waals surface area contributed by atoms with Crippen molar-refractivity contribution in [2.75, 3.05) is 11.9 Å². The van der Waals surface area contributed by atoms with Gasteiger partial charge in [0.25, 0.3) is 0 Å². The Hall–Kier alpha value is -1.36. The van der Waals surface area contributed by atoms with E-state index in [1.807, 2.05) is 12.1 Å². The number of hydrogen-bond acceptors (Lipinski definition) is 3. The maximum absolute atomic E-state index is 5.97. The SMILES string of the molecule is NCC(Nc1cccc(Br)c1)c1csc2ccccc12. The van der Waals surface area contributed by atoms with Crippen molar-refractivity contribution in [3.05, 3.63) is 63.9 Å². The van der Waals surface area contributed by atoms with Crippen molar-refractivity contribution in [2.45, 2.75) is 6.04 Å². The molecule has 1 aromatic heterocycles. The van der Waals surface area contributed by atoms with Crippen LogP contribution < -0.4 is 11.1 Å². The van der Waals surface area contributed by atoms with Gasteiger partial charge in [0, 0.05) is 21.4 Å². The molecule has 3 rings (SSSR count). The maximum atomic E-state index is 5.97. The van der Waals surface area contributed by atoms with Crippen LogP contribution >= 0.6 is 27.3 Å². The fraction of sp³-hybridized carbons (Fsp3) is 0.125. The summed E-state index contributed by atoms with van der Waals surface area (Å²) in [5.74, 6) is 0. The Balaban J connectivity index is 1.93. The summed E-state index contributed by atoms with van der Waals surface area (Å²) < 4.78 is 2.37. The van der Waals surface area contributed by atoms with Crippen LogP contribution in [0, 0.1) is 0 Å². The third-order valence-corrected chi connectivity index (χ3v) is 4.76. The average Bonchev–Trinajstić information content (AvgIpc) is 2.89. The van der Waals surface area contributed by atoms with E-state index in [1.165, 1.54) is 15.6 Å². The van der Waals surface area contributed by atoms with Gasteiger partial charge in [0.2, 0.25) is 0 Å². The number of halogens is 1. The highest BCUT2D eigenvalue weighted by Gasteiger charge is 2.14. The van der Waals surface area contributed by atoms with Crippen LogP contribution in [0.5, 0.6) is 0 Å². The molecule has 0 fully saturated rings. The lowest BCUT2D eigenvalue weighted by Gasteiger charge is -2.18. The molecule has 1 unspecified atom stereocenters. The van der Waals surface area contributed by atoms with Crippen LogP contribution in [0.1, 0.15) is 11.6 Å². The largest absolute Gasteiger partial charge is 0.377 e. The molecule has 0 saturated carbocycles. The summed E-state index contributed by atoms with van der Waals surface area (Å²) in [4.78, 5) is 0. The second-order valence-electron chi connectivity index (χ2n) is 4.63. The predicted octanol–water partition coefficient (Wildman–Crippen LogP) is 4.78. The summed E-state index contributed by atoms with van der Waals surface area (Å²) in [5.41, 5.74) is 8.32. The molecule has 0 aliphatic carbocycles. The van der Waals surface area contributed by atoms with Gasteiger partial charge in [-0.3, -0.25) is 0 Å². The highest BCUT2D eigenvalue weighted by Crippen LogP contribution is 2.32. The van der Waals surface area contributed by atoms with E-state index < -0.39 is 0 Å². The molecule has 0 bridgehead atoms. The van der Waals surface area contributed by atoms with Crippen molar-refractivity contribution in [3.8, 4) is 0 Å². The van der Waals surface area contributed by atoms with E-state index in [0.29, 0.717) is 6.54 Å². The molecule has 102 valence electrons. The van der Waals surface area contributed by atoms with Gasteiger partial charge in [-0.2, -0.15) is 0 Å². The van der Waals surface area contributed by atoms with Crippen molar-refractivity contribution >= 4 is 43.0 Å². The zero-order valence-electron chi connectivity index (χ0n) is 10.8. The highest BCUT2D eigenvalue weighted by atomic mass is 79.9. The number of nitrogens with one attached hydrogen (secondary N) is 1. The summed E-state index contributed by atoms with van der Waals surface area (Å²) in [6.45, 7) is 0.563. The molecule has 0 radical (unpaired) electrons.